The Morgan fingerprint density at radius 3 is 2.55 bits per heavy atom. The van der Waals surface area contributed by atoms with Gasteiger partial charge in [0.2, 0.25) is 11.7 Å². The maximum atomic E-state index is 13.6. The monoisotopic (exact) mass is 391 g/mol. The van der Waals surface area contributed by atoms with Crippen LogP contribution in [0.2, 0.25) is 0 Å². The maximum Gasteiger partial charge on any atom is 0.287 e. The van der Waals surface area contributed by atoms with E-state index in [2.05, 4.69) is 0 Å². The zero-order valence-corrected chi connectivity index (χ0v) is 16.3. The van der Waals surface area contributed by atoms with E-state index in [1.165, 1.54) is 4.90 Å². The predicted octanol–water partition coefficient (Wildman–Crippen LogP) is 3.09. The van der Waals surface area contributed by atoms with Gasteiger partial charge in [0, 0.05) is 18.3 Å². The highest BCUT2D eigenvalue weighted by molar-refractivity contribution is 6.15. The molecule has 1 amide bonds. The Morgan fingerprint density at radius 2 is 1.83 bits per heavy atom. The molecule has 2 aromatic rings. The molecule has 2 atom stereocenters. The minimum Gasteiger partial charge on any atom is -0.465 e. The fourth-order valence-corrected chi connectivity index (χ4v) is 4.02. The molecule has 2 aliphatic rings. The molecule has 6 heteroatoms. The summed E-state index contributed by atoms with van der Waals surface area (Å²) in [6.07, 6.45) is 0. The number of hydrogen-bond acceptors (Lipinski definition) is 5. The lowest BCUT2D eigenvalue weighted by Crippen LogP contribution is -2.34. The molecule has 0 fully saturated rings. The summed E-state index contributed by atoms with van der Waals surface area (Å²) in [5.41, 5.74) is 2.03. The third-order valence-corrected chi connectivity index (χ3v) is 5.35. The van der Waals surface area contributed by atoms with Gasteiger partial charge in [-0.15, -0.1) is 0 Å². The zero-order valence-electron chi connectivity index (χ0n) is 16.3. The van der Waals surface area contributed by atoms with E-state index in [1.807, 2.05) is 30.3 Å². The van der Waals surface area contributed by atoms with E-state index in [1.54, 1.807) is 38.2 Å². The first-order valence-corrected chi connectivity index (χ1v) is 9.53. The van der Waals surface area contributed by atoms with Gasteiger partial charge in [0.1, 0.15) is 0 Å². The summed E-state index contributed by atoms with van der Waals surface area (Å²) < 4.78 is 10.9. The number of rotatable bonds is 6. The number of ketones is 2. The molecule has 0 saturated carbocycles. The van der Waals surface area contributed by atoms with Crippen LogP contribution in [0, 0.1) is 5.92 Å². The molecule has 4 rings (SSSR count). The minimum atomic E-state index is -1.02. The molecule has 0 radical (unpaired) electrons. The normalized spacial score (nSPS) is 19.2. The first kappa shape index (κ1) is 18.9. The van der Waals surface area contributed by atoms with Crippen molar-refractivity contribution < 1.29 is 23.9 Å². The highest BCUT2D eigenvalue weighted by Crippen LogP contribution is 2.45. The molecule has 0 bridgehead atoms. The summed E-state index contributed by atoms with van der Waals surface area (Å²) in [5, 5.41) is 0. The zero-order chi connectivity index (χ0) is 20.5. The molecule has 0 saturated heterocycles. The maximum absolute atomic E-state index is 13.6. The van der Waals surface area contributed by atoms with Crippen LogP contribution < -0.4 is 4.90 Å². The van der Waals surface area contributed by atoms with Crippen molar-refractivity contribution in [2.24, 2.45) is 5.92 Å². The van der Waals surface area contributed by atoms with Gasteiger partial charge in [-0.05, 0) is 18.6 Å². The second-order valence-electron chi connectivity index (χ2n) is 6.99. The standard InChI is InChI=1S/C23H21NO5/c1-3-28-23-19(17(25)13-29-23)20(21(26)14-9-5-4-6-10-14)18-15-11-7-8-12-16(15)24(2)22(18)27/h4-12,18,20H,3,13H2,1-2H3/t18-,20+/m1/s1. The molecule has 0 N–H and O–H groups in total. The third kappa shape index (κ3) is 3.10. The van der Waals surface area contributed by atoms with Crippen LogP contribution in [-0.2, 0) is 19.1 Å². The number of likely N-dealkylation sites (N-methyl/N-ethyl adjacent to an activating group) is 1. The van der Waals surface area contributed by atoms with Crippen molar-refractivity contribution in [2.75, 3.05) is 25.2 Å². The van der Waals surface area contributed by atoms with Gasteiger partial charge in [0.25, 0.3) is 5.95 Å². The number of ether oxygens (including phenoxy) is 2. The number of anilines is 1. The predicted molar refractivity (Wildman–Crippen MR) is 106 cm³/mol. The first-order chi connectivity index (χ1) is 14.0. The molecule has 2 aliphatic heterocycles. The molecule has 0 unspecified atom stereocenters. The molecule has 2 heterocycles. The summed E-state index contributed by atoms with van der Waals surface area (Å²) in [5.74, 6) is -2.66. The molecule has 0 spiro atoms. The highest BCUT2D eigenvalue weighted by Gasteiger charge is 2.49. The molecule has 29 heavy (non-hydrogen) atoms. The van der Waals surface area contributed by atoms with E-state index in [9.17, 15) is 14.4 Å². The Bertz CT molecular complexity index is 1010. The van der Waals surface area contributed by atoms with Gasteiger partial charge in [-0.1, -0.05) is 48.5 Å². The quantitative estimate of drug-likeness (QED) is 0.708. The summed E-state index contributed by atoms with van der Waals surface area (Å²) >= 11 is 0. The largest absolute Gasteiger partial charge is 0.465 e. The molecule has 0 aromatic heterocycles. The minimum absolute atomic E-state index is 0.0478. The summed E-state index contributed by atoms with van der Waals surface area (Å²) in [6, 6.07) is 16.0. The van der Waals surface area contributed by atoms with Crippen LogP contribution in [0.3, 0.4) is 0 Å². The van der Waals surface area contributed by atoms with Crippen molar-refractivity contribution in [1.29, 1.82) is 0 Å². The number of Topliss-reactive ketones (excluding diaryl/α,β-unsaturated/α-hetero) is 2. The van der Waals surface area contributed by atoms with Crippen molar-refractivity contribution in [1.82, 2.24) is 0 Å². The van der Waals surface area contributed by atoms with Gasteiger partial charge in [-0.2, -0.15) is 0 Å². The second-order valence-corrected chi connectivity index (χ2v) is 6.99. The molecule has 2 aromatic carbocycles. The number of benzene rings is 2. The molecular formula is C23H21NO5. The fourth-order valence-electron chi connectivity index (χ4n) is 4.02. The summed E-state index contributed by atoms with van der Waals surface area (Å²) in [4.78, 5) is 41.1. The van der Waals surface area contributed by atoms with E-state index in [4.69, 9.17) is 9.47 Å². The summed E-state index contributed by atoms with van der Waals surface area (Å²) in [6.45, 7) is 1.86. The Morgan fingerprint density at radius 1 is 1.14 bits per heavy atom. The lowest BCUT2D eigenvalue weighted by atomic mass is 9.76. The van der Waals surface area contributed by atoms with Gasteiger partial charge < -0.3 is 14.4 Å². The number of amides is 1. The van der Waals surface area contributed by atoms with Gasteiger partial charge in [-0.25, -0.2) is 0 Å². The van der Waals surface area contributed by atoms with Crippen LogP contribution in [0.4, 0.5) is 5.69 Å². The fraction of sp³-hybridized carbons (Fsp3) is 0.261. The van der Waals surface area contributed by atoms with Crippen LogP contribution >= 0.6 is 0 Å². The Labute approximate surface area is 168 Å². The molecular weight excluding hydrogens is 370 g/mol. The SMILES string of the molecule is CCOC1=C([C@@H](C(=O)c2ccccc2)[C@@H]2C(=O)N(C)c3ccccc32)C(=O)CO1. The average molecular weight is 391 g/mol. The number of para-hydroxylation sites is 1. The number of carbonyl (C=O) groups is 3. The van der Waals surface area contributed by atoms with Crippen molar-refractivity contribution in [3.63, 3.8) is 0 Å². The Kier molecular flexibility index (Phi) is 4.92. The van der Waals surface area contributed by atoms with E-state index >= 15 is 0 Å². The topological polar surface area (TPSA) is 72.9 Å². The lowest BCUT2D eigenvalue weighted by Gasteiger charge is -2.22. The second kappa shape index (κ2) is 7.54. The molecule has 0 aliphatic carbocycles. The average Bonchev–Trinajstić information content (AvgIpc) is 3.22. The highest BCUT2D eigenvalue weighted by atomic mass is 16.7. The number of hydrogen-bond donors (Lipinski definition) is 0. The van der Waals surface area contributed by atoms with Crippen LogP contribution in [0.25, 0.3) is 0 Å². The van der Waals surface area contributed by atoms with Crippen molar-refractivity contribution in [2.45, 2.75) is 12.8 Å². The van der Waals surface area contributed by atoms with Crippen LogP contribution in [0.15, 0.2) is 66.1 Å². The van der Waals surface area contributed by atoms with Gasteiger partial charge in [0.15, 0.2) is 12.4 Å². The van der Waals surface area contributed by atoms with Gasteiger partial charge >= 0.3 is 0 Å². The van der Waals surface area contributed by atoms with Crippen molar-refractivity contribution in [3.8, 4) is 0 Å². The Hall–Kier alpha value is -3.41. The van der Waals surface area contributed by atoms with Crippen molar-refractivity contribution >= 4 is 23.2 Å². The van der Waals surface area contributed by atoms with E-state index < -0.39 is 11.8 Å². The van der Waals surface area contributed by atoms with Gasteiger partial charge in [0.05, 0.1) is 24.0 Å². The Balaban J connectivity index is 1.90. The first-order valence-electron chi connectivity index (χ1n) is 9.53. The smallest absolute Gasteiger partial charge is 0.287 e. The van der Waals surface area contributed by atoms with Crippen LogP contribution in [0.5, 0.6) is 0 Å². The van der Waals surface area contributed by atoms with Crippen LogP contribution in [0.1, 0.15) is 28.8 Å². The van der Waals surface area contributed by atoms with Gasteiger partial charge in [-0.3, -0.25) is 14.4 Å². The van der Waals surface area contributed by atoms with E-state index in [-0.39, 0.29) is 42.2 Å². The van der Waals surface area contributed by atoms with Crippen LogP contribution in [-0.4, -0.2) is 37.7 Å². The molecule has 148 valence electrons. The lowest BCUT2D eigenvalue weighted by molar-refractivity contribution is -0.119. The number of carbonyl (C=O) groups excluding carboxylic acids is 3. The molecule has 6 nitrogen and oxygen atoms in total. The number of fused-ring (bicyclic) bond motifs is 1. The number of nitrogens with zero attached hydrogens (tertiary/aromatic N) is 1. The third-order valence-electron chi connectivity index (χ3n) is 5.35. The summed E-state index contributed by atoms with van der Waals surface area (Å²) in [7, 11) is 1.68. The van der Waals surface area contributed by atoms with Crippen molar-refractivity contribution in [3.05, 3.63) is 77.2 Å². The van der Waals surface area contributed by atoms with E-state index in [0.717, 1.165) is 11.3 Å². The van der Waals surface area contributed by atoms with E-state index in [0.29, 0.717) is 5.56 Å².